The highest BCUT2D eigenvalue weighted by Gasteiger charge is 2.10. The van der Waals surface area contributed by atoms with E-state index in [2.05, 4.69) is 29.2 Å². The molecule has 0 spiro atoms. The van der Waals surface area contributed by atoms with E-state index in [1.54, 1.807) is 13.3 Å². The maximum Gasteiger partial charge on any atom is 0.144 e. The minimum Gasteiger partial charge on any atom is -0.383 e. The van der Waals surface area contributed by atoms with Crippen molar-refractivity contribution in [1.82, 2.24) is 9.88 Å². The highest BCUT2D eigenvalue weighted by Crippen LogP contribution is 2.13. The molecule has 1 heterocycles. The Morgan fingerprint density at radius 2 is 2.28 bits per heavy atom. The molecule has 18 heavy (non-hydrogen) atoms. The van der Waals surface area contributed by atoms with Crippen LogP contribution in [-0.4, -0.2) is 36.7 Å². The van der Waals surface area contributed by atoms with E-state index in [4.69, 9.17) is 10.6 Å². The van der Waals surface area contributed by atoms with Gasteiger partial charge in [0.2, 0.25) is 0 Å². The van der Waals surface area contributed by atoms with Gasteiger partial charge in [-0.3, -0.25) is 4.90 Å². The first-order valence-corrected chi connectivity index (χ1v) is 6.29. The zero-order chi connectivity index (χ0) is 13.4. The summed E-state index contributed by atoms with van der Waals surface area (Å²) in [5.41, 5.74) is 3.75. The van der Waals surface area contributed by atoms with Gasteiger partial charge in [-0.15, -0.1) is 0 Å². The number of nitrogens with two attached hydrogens (primary N) is 1. The molecule has 5 nitrogen and oxygen atoms in total. The minimum absolute atomic E-state index is 0.618. The molecule has 0 saturated carbocycles. The van der Waals surface area contributed by atoms with Gasteiger partial charge >= 0.3 is 0 Å². The lowest BCUT2D eigenvalue weighted by atomic mass is 10.1. The van der Waals surface area contributed by atoms with E-state index in [9.17, 15) is 0 Å². The Bertz CT molecular complexity index is 344. The molecule has 1 aromatic rings. The number of nitrogen functional groups attached to an aromatic ring is 1. The molecule has 102 valence electrons. The van der Waals surface area contributed by atoms with Gasteiger partial charge in [0.15, 0.2) is 0 Å². The smallest absolute Gasteiger partial charge is 0.144 e. The van der Waals surface area contributed by atoms with Crippen LogP contribution in [-0.2, 0) is 11.3 Å². The van der Waals surface area contributed by atoms with Gasteiger partial charge in [-0.25, -0.2) is 10.8 Å². The summed E-state index contributed by atoms with van der Waals surface area (Å²) in [6.07, 6.45) is 1.74. The third kappa shape index (κ3) is 5.00. The number of pyridine rings is 1. The maximum atomic E-state index is 5.47. The predicted octanol–water partition coefficient (Wildman–Crippen LogP) is 1.47. The van der Waals surface area contributed by atoms with Crippen molar-refractivity contribution in [3.8, 4) is 0 Å². The van der Waals surface area contributed by atoms with Crippen LogP contribution in [0.3, 0.4) is 0 Å². The first kappa shape index (κ1) is 14.9. The molecule has 0 fully saturated rings. The number of nitrogens with one attached hydrogen (secondary N) is 1. The predicted molar refractivity (Wildman–Crippen MR) is 74.0 cm³/mol. The van der Waals surface area contributed by atoms with Crippen LogP contribution in [0.1, 0.15) is 19.4 Å². The molecule has 5 heteroatoms. The van der Waals surface area contributed by atoms with E-state index in [1.165, 1.54) is 0 Å². The lowest BCUT2D eigenvalue weighted by Crippen LogP contribution is -2.31. The summed E-state index contributed by atoms with van der Waals surface area (Å²) in [7, 11) is 1.73. The van der Waals surface area contributed by atoms with Crippen LogP contribution in [0.5, 0.6) is 0 Å². The Morgan fingerprint density at radius 1 is 1.50 bits per heavy atom. The molecule has 0 saturated heterocycles. The SMILES string of the molecule is COCCN(Cc1cccnc1NN)CC(C)C. The molecule has 0 aliphatic rings. The van der Waals surface area contributed by atoms with Crippen molar-refractivity contribution in [2.24, 2.45) is 11.8 Å². The van der Waals surface area contributed by atoms with Crippen LogP contribution in [0.4, 0.5) is 5.82 Å². The quantitative estimate of drug-likeness (QED) is 0.542. The number of rotatable bonds is 8. The number of nitrogens with zero attached hydrogens (tertiary/aromatic N) is 2. The monoisotopic (exact) mass is 252 g/mol. The Balaban J connectivity index is 2.68. The van der Waals surface area contributed by atoms with Crippen LogP contribution >= 0.6 is 0 Å². The van der Waals surface area contributed by atoms with Crippen molar-refractivity contribution in [2.45, 2.75) is 20.4 Å². The lowest BCUT2D eigenvalue weighted by molar-refractivity contribution is 0.136. The molecule has 0 aromatic carbocycles. The van der Waals surface area contributed by atoms with E-state index in [0.29, 0.717) is 5.92 Å². The number of aromatic nitrogens is 1. The Labute approximate surface area is 109 Å². The highest BCUT2D eigenvalue weighted by atomic mass is 16.5. The van der Waals surface area contributed by atoms with Gasteiger partial charge in [0.1, 0.15) is 5.82 Å². The zero-order valence-electron chi connectivity index (χ0n) is 11.5. The molecule has 0 aliphatic carbocycles. The number of hydrogen-bond acceptors (Lipinski definition) is 5. The zero-order valence-corrected chi connectivity index (χ0v) is 11.5. The molecule has 0 unspecified atom stereocenters. The molecule has 0 radical (unpaired) electrons. The number of anilines is 1. The van der Waals surface area contributed by atoms with Crippen molar-refractivity contribution in [1.29, 1.82) is 0 Å². The summed E-state index contributed by atoms with van der Waals surface area (Å²) in [6, 6.07) is 3.97. The Hall–Kier alpha value is -1.17. The molecule has 3 N–H and O–H groups in total. The van der Waals surface area contributed by atoms with Crippen LogP contribution in [0.2, 0.25) is 0 Å². The van der Waals surface area contributed by atoms with Crippen molar-refractivity contribution in [3.05, 3.63) is 23.9 Å². The summed E-state index contributed by atoms with van der Waals surface area (Å²) in [5, 5.41) is 0. The van der Waals surface area contributed by atoms with Gasteiger partial charge in [0.25, 0.3) is 0 Å². The molecule has 0 amide bonds. The molecular formula is C13H24N4O. The second-order valence-corrected chi connectivity index (χ2v) is 4.78. The summed E-state index contributed by atoms with van der Waals surface area (Å²) in [4.78, 5) is 6.57. The highest BCUT2D eigenvalue weighted by molar-refractivity contribution is 5.42. The Kier molecular flexibility index (Phi) is 6.64. The van der Waals surface area contributed by atoms with E-state index in [-0.39, 0.29) is 0 Å². The number of ether oxygens (including phenoxy) is 1. The van der Waals surface area contributed by atoms with Gasteiger partial charge in [-0.1, -0.05) is 19.9 Å². The number of methoxy groups -OCH3 is 1. The average molecular weight is 252 g/mol. The minimum atomic E-state index is 0.618. The van der Waals surface area contributed by atoms with Crippen LogP contribution in [0, 0.1) is 5.92 Å². The van der Waals surface area contributed by atoms with Crippen molar-refractivity contribution in [3.63, 3.8) is 0 Å². The van der Waals surface area contributed by atoms with Gasteiger partial charge in [-0.05, 0) is 12.0 Å². The summed E-state index contributed by atoms with van der Waals surface area (Å²) in [6.45, 7) is 7.93. The summed E-state index contributed by atoms with van der Waals surface area (Å²) < 4.78 is 5.15. The van der Waals surface area contributed by atoms with Crippen molar-refractivity contribution >= 4 is 5.82 Å². The van der Waals surface area contributed by atoms with Crippen LogP contribution in [0.25, 0.3) is 0 Å². The number of hydrazine groups is 1. The molecule has 0 aliphatic heterocycles. The summed E-state index contributed by atoms with van der Waals surface area (Å²) in [5.74, 6) is 6.83. The van der Waals surface area contributed by atoms with E-state index in [0.717, 1.165) is 37.6 Å². The fourth-order valence-electron chi connectivity index (χ4n) is 1.91. The first-order chi connectivity index (χ1) is 8.67. The third-order valence-corrected chi connectivity index (χ3v) is 2.66. The summed E-state index contributed by atoms with van der Waals surface area (Å²) >= 11 is 0. The first-order valence-electron chi connectivity index (χ1n) is 6.29. The topological polar surface area (TPSA) is 63.4 Å². The van der Waals surface area contributed by atoms with E-state index < -0.39 is 0 Å². The standard InChI is InChI=1S/C13H24N4O/c1-11(2)9-17(7-8-18-3)10-12-5-4-6-15-13(12)16-14/h4-6,11H,7-10,14H2,1-3H3,(H,15,16). The van der Waals surface area contributed by atoms with Crippen molar-refractivity contribution in [2.75, 3.05) is 32.2 Å². The fourth-order valence-corrected chi connectivity index (χ4v) is 1.91. The second-order valence-electron chi connectivity index (χ2n) is 4.78. The van der Waals surface area contributed by atoms with Gasteiger partial charge in [0.05, 0.1) is 6.61 Å². The van der Waals surface area contributed by atoms with Crippen LogP contribution in [0.15, 0.2) is 18.3 Å². The molecule has 1 aromatic heterocycles. The van der Waals surface area contributed by atoms with Crippen LogP contribution < -0.4 is 11.3 Å². The van der Waals surface area contributed by atoms with E-state index in [1.807, 2.05) is 12.1 Å². The normalized spacial score (nSPS) is 11.2. The molecule has 0 bridgehead atoms. The molecular weight excluding hydrogens is 228 g/mol. The largest absolute Gasteiger partial charge is 0.383 e. The molecule has 1 rings (SSSR count). The Morgan fingerprint density at radius 3 is 2.89 bits per heavy atom. The molecule has 0 atom stereocenters. The third-order valence-electron chi connectivity index (χ3n) is 2.66. The number of hydrogen-bond donors (Lipinski definition) is 2. The lowest BCUT2D eigenvalue weighted by Gasteiger charge is -2.24. The van der Waals surface area contributed by atoms with Gasteiger partial charge < -0.3 is 10.2 Å². The van der Waals surface area contributed by atoms with Crippen molar-refractivity contribution < 1.29 is 4.74 Å². The van der Waals surface area contributed by atoms with E-state index >= 15 is 0 Å². The maximum absolute atomic E-state index is 5.47. The second kappa shape index (κ2) is 8.02. The van der Waals surface area contributed by atoms with Gasteiger partial charge in [0, 0.05) is 38.5 Å². The fraction of sp³-hybridized carbons (Fsp3) is 0.615. The average Bonchev–Trinajstić information content (AvgIpc) is 2.36. The van der Waals surface area contributed by atoms with Gasteiger partial charge in [-0.2, -0.15) is 0 Å².